The van der Waals surface area contributed by atoms with Crippen LogP contribution in [0.4, 0.5) is 0 Å². The van der Waals surface area contributed by atoms with Gasteiger partial charge in [-0.2, -0.15) is 0 Å². The average Bonchev–Trinajstić information content (AvgIpc) is 2.30. The maximum absolute atomic E-state index is 5.41. The fourth-order valence-electron chi connectivity index (χ4n) is 2.06. The van der Waals surface area contributed by atoms with Gasteiger partial charge in [-0.3, -0.25) is 0 Å². The van der Waals surface area contributed by atoms with Crippen LogP contribution in [0.1, 0.15) is 25.3 Å². The van der Waals surface area contributed by atoms with Crippen molar-refractivity contribution in [2.24, 2.45) is 0 Å². The SMILES string of the molecule is CCOc1ccc(CNC2CC(OC)C2)cc1. The lowest BCUT2D eigenvalue weighted by atomic mass is 9.89. The Balaban J connectivity index is 1.72. The number of ether oxygens (including phenoxy) is 2. The highest BCUT2D eigenvalue weighted by molar-refractivity contribution is 5.27. The van der Waals surface area contributed by atoms with Gasteiger partial charge < -0.3 is 14.8 Å². The van der Waals surface area contributed by atoms with Crippen molar-refractivity contribution in [3.8, 4) is 5.75 Å². The molecule has 1 saturated carbocycles. The molecule has 0 atom stereocenters. The van der Waals surface area contributed by atoms with Gasteiger partial charge in [0.05, 0.1) is 12.7 Å². The van der Waals surface area contributed by atoms with Crippen molar-refractivity contribution >= 4 is 0 Å². The lowest BCUT2D eigenvalue weighted by Crippen LogP contribution is -2.44. The van der Waals surface area contributed by atoms with Crippen LogP contribution in [0.15, 0.2) is 24.3 Å². The van der Waals surface area contributed by atoms with Crippen LogP contribution in [0.5, 0.6) is 5.75 Å². The molecule has 1 N–H and O–H groups in total. The van der Waals surface area contributed by atoms with Gasteiger partial charge in [0.25, 0.3) is 0 Å². The predicted molar refractivity (Wildman–Crippen MR) is 68.3 cm³/mol. The predicted octanol–water partition coefficient (Wildman–Crippen LogP) is 2.35. The molecule has 17 heavy (non-hydrogen) atoms. The molecule has 3 nitrogen and oxygen atoms in total. The zero-order valence-corrected chi connectivity index (χ0v) is 10.6. The maximum Gasteiger partial charge on any atom is 0.119 e. The Morgan fingerprint density at radius 1 is 1.24 bits per heavy atom. The Kier molecular flexibility index (Phi) is 4.40. The quantitative estimate of drug-likeness (QED) is 0.821. The Morgan fingerprint density at radius 2 is 1.94 bits per heavy atom. The van der Waals surface area contributed by atoms with Crippen LogP contribution in [0, 0.1) is 0 Å². The topological polar surface area (TPSA) is 30.5 Å². The van der Waals surface area contributed by atoms with E-state index < -0.39 is 0 Å². The molecule has 0 saturated heterocycles. The molecule has 0 heterocycles. The van der Waals surface area contributed by atoms with Crippen molar-refractivity contribution in [2.45, 2.75) is 38.5 Å². The van der Waals surface area contributed by atoms with E-state index in [0.29, 0.717) is 12.1 Å². The second kappa shape index (κ2) is 6.03. The van der Waals surface area contributed by atoms with Gasteiger partial charge in [-0.05, 0) is 37.5 Å². The molecular weight excluding hydrogens is 214 g/mol. The molecule has 0 bridgehead atoms. The first-order valence-electron chi connectivity index (χ1n) is 6.29. The summed E-state index contributed by atoms with van der Waals surface area (Å²) in [4.78, 5) is 0. The smallest absolute Gasteiger partial charge is 0.119 e. The molecule has 3 heteroatoms. The van der Waals surface area contributed by atoms with Crippen molar-refractivity contribution in [3.05, 3.63) is 29.8 Å². The molecule has 0 spiro atoms. The minimum atomic E-state index is 0.466. The average molecular weight is 235 g/mol. The largest absolute Gasteiger partial charge is 0.494 e. The summed E-state index contributed by atoms with van der Waals surface area (Å²) in [6.45, 7) is 3.64. The molecule has 1 aliphatic rings. The lowest BCUT2D eigenvalue weighted by molar-refractivity contribution is 0.0170. The number of methoxy groups -OCH3 is 1. The highest BCUT2D eigenvalue weighted by Crippen LogP contribution is 2.23. The molecule has 0 aliphatic heterocycles. The van der Waals surface area contributed by atoms with E-state index in [0.717, 1.165) is 31.7 Å². The molecule has 1 aliphatic carbocycles. The van der Waals surface area contributed by atoms with E-state index in [1.165, 1.54) is 5.56 Å². The highest BCUT2D eigenvalue weighted by Gasteiger charge is 2.28. The molecule has 94 valence electrons. The van der Waals surface area contributed by atoms with Crippen molar-refractivity contribution in [3.63, 3.8) is 0 Å². The molecule has 1 aromatic carbocycles. The van der Waals surface area contributed by atoms with Crippen molar-refractivity contribution < 1.29 is 9.47 Å². The minimum Gasteiger partial charge on any atom is -0.494 e. The normalized spacial score (nSPS) is 23.2. The summed E-state index contributed by atoms with van der Waals surface area (Å²) in [7, 11) is 1.79. The van der Waals surface area contributed by atoms with E-state index in [1.54, 1.807) is 7.11 Å². The summed E-state index contributed by atoms with van der Waals surface area (Å²) < 4.78 is 10.7. The van der Waals surface area contributed by atoms with E-state index in [2.05, 4.69) is 17.4 Å². The first kappa shape index (κ1) is 12.4. The van der Waals surface area contributed by atoms with Crippen LogP contribution in [-0.4, -0.2) is 25.9 Å². The first-order valence-corrected chi connectivity index (χ1v) is 6.29. The van der Waals surface area contributed by atoms with Gasteiger partial charge in [0.15, 0.2) is 0 Å². The van der Waals surface area contributed by atoms with E-state index in [1.807, 2.05) is 19.1 Å². The van der Waals surface area contributed by atoms with Gasteiger partial charge in [0.1, 0.15) is 5.75 Å². The summed E-state index contributed by atoms with van der Waals surface area (Å²) in [5.41, 5.74) is 1.30. The number of benzene rings is 1. The van der Waals surface area contributed by atoms with Crippen LogP contribution in [0.3, 0.4) is 0 Å². The van der Waals surface area contributed by atoms with Gasteiger partial charge >= 0.3 is 0 Å². The Bertz CT molecular complexity index is 331. The zero-order valence-electron chi connectivity index (χ0n) is 10.6. The van der Waals surface area contributed by atoms with Crippen LogP contribution < -0.4 is 10.1 Å². The Hall–Kier alpha value is -1.06. The third-order valence-electron chi connectivity index (χ3n) is 3.26. The number of rotatable bonds is 6. The van der Waals surface area contributed by atoms with Crippen LogP contribution in [0.25, 0.3) is 0 Å². The van der Waals surface area contributed by atoms with Gasteiger partial charge in [-0.15, -0.1) is 0 Å². The standard InChI is InChI=1S/C14H21NO2/c1-3-17-13-6-4-11(5-7-13)10-15-12-8-14(9-12)16-2/h4-7,12,14-15H,3,8-10H2,1-2H3. The number of hydrogen-bond donors (Lipinski definition) is 1. The first-order chi connectivity index (χ1) is 8.31. The molecule has 0 unspecified atom stereocenters. The molecule has 0 amide bonds. The van der Waals surface area contributed by atoms with Gasteiger partial charge in [0, 0.05) is 19.7 Å². The van der Waals surface area contributed by atoms with Gasteiger partial charge in [-0.25, -0.2) is 0 Å². The summed E-state index contributed by atoms with van der Waals surface area (Å²) in [5.74, 6) is 0.944. The van der Waals surface area contributed by atoms with Crippen LogP contribution >= 0.6 is 0 Å². The van der Waals surface area contributed by atoms with Gasteiger partial charge in [0.2, 0.25) is 0 Å². The molecular formula is C14H21NO2. The van der Waals surface area contributed by atoms with Crippen LogP contribution in [-0.2, 0) is 11.3 Å². The van der Waals surface area contributed by atoms with E-state index in [-0.39, 0.29) is 0 Å². The maximum atomic E-state index is 5.41. The van der Waals surface area contributed by atoms with Gasteiger partial charge in [-0.1, -0.05) is 12.1 Å². The summed E-state index contributed by atoms with van der Waals surface area (Å²) >= 11 is 0. The molecule has 0 radical (unpaired) electrons. The molecule has 1 fully saturated rings. The molecule has 0 aromatic heterocycles. The third-order valence-corrected chi connectivity index (χ3v) is 3.26. The van der Waals surface area contributed by atoms with E-state index >= 15 is 0 Å². The van der Waals surface area contributed by atoms with E-state index in [9.17, 15) is 0 Å². The second-order valence-electron chi connectivity index (χ2n) is 4.48. The lowest BCUT2D eigenvalue weighted by Gasteiger charge is -2.34. The summed E-state index contributed by atoms with van der Waals surface area (Å²) in [6, 6.07) is 8.90. The van der Waals surface area contributed by atoms with Crippen molar-refractivity contribution in [1.82, 2.24) is 5.32 Å². The number of nitrogens with one attached hydrogen (secondary N) is 1. The molecule has 2 rings (SSSR count). The highest BCUT2D eigenvalue weighted by atomic mass is 16.5. The zero-order chi connectivity index (χ0) is 12.1. The fourth-order valence-corrected chi connectivity index (χ4v) is 2.06. The third kappa shape index (κ3) is 3.45. The Morgan fingerprint density at radius 3 is 2.53 bits per heavy atom. The summed E-state index contributed by atoms with van der Waals surface area (Å²) in [6.07, 6.45) is 2.73. The van der Waals surface area contributed by atoms with Crippen LogP contribution in [0.2, 0.25) is 0 Å². The van der Waals surface area contributed by atoms with Crippen molar-refractivity contribution in [2.75, 3.05) is 13.7 Å². The monoisotopic (exact) mass is 235 g/mol. The van der Waals surface area contributed by atoms with Crippen molar-refractivity contribution in [1.29, 1.82) is 0 Å². The number of hydrogen-bond acceptors (Lipinski definition) is 3. The Labute approximate surface area is 103 Å². The van der Waals surface area contributed by atoms with E-state index in [4.69, 9.17) is 9.47 Å². The minimum absolute atomic E-state index is 0.466. The summed E-state index contributed by atoms with van der Waals surface area (Å²) in [5, 5.41) is 3.53. The second-order valence-corrected chi connectivity index (χ2v) is 4.48. The molecule has 1 aromatic rings. The fraction of sp³-hybridized carbons (Fsp3) is 0.571.